The van der Waals surface area contributed by atoms with Crippen LogP contribution in [-0.4, -0.2) is 18.7 Å². The van der Waals surface area contributed by atoms with E-state index < -0.39 is 11.7 Å². The first-order valence-electron chi connectivity index (χ1n) is 6.40. The summed E-state index contributed by atoms with van der Waals surface area (Å²) in [5, 5.41) is 3.28. The number of halogens is 3. The lowest BCUT2D eigenvalue weighted by Crippen LogP contribution is -2.34. The standard InChI is InChI=1S/C14H20F3NO/c1-4-10(2)18-9-11(3)19-13-7-5-12(6-8-13)14(15,16)17/h5-8,10-11,18H,4,9H2,1-3H3. The SMILES string of the molecule is CCC(C)NCC(C)Oc1ccc(C(F)(F)F)cc1. The Labute approximate surface area is 112 Å². The predicted molar refractivity (Wildman–Crippen MR) is 69.3 cm³/mol. The van der Waals surface area contributed by atoms with Gasteiger partial charge in [-0.2, -0.15) is 13.2 Å². The van der Waals surface area contributed by atoms with Crippen molar-refractivity contribution in [1.82, 2.24) is 5.32 Å². The van der Waals surface area contributed by atoms with Crippen LogP contribution >= 0.6 is 0 Å². The van der Waals surface area contributed by atoms with Gasteiger partial charge in [0.05, 0.1) is 5.56 Å². The van der Waals surface area contributed by atoms with Gasteiger partial charge < -0.3 is 10.1 Å². The van der Waals surface area contributed by atoms with Crippen LogP contribution in [0.4, 0.5) is 13.2 Å². The van der Waals surface area contributed by atoms with Gasteiger partial charge in [0.15, 0.2) is 0 Å². The second-order valence-corrected chi connectivity index (χ2v) is 4.67. The molecule has 1 aromatic rings. The van der Waals surface area contributed by atoms with Crippen LogP contribution in [0, 0.1) is 0 Å². The number of alkyl halides is 3. The van der Waals surface area contributed by atoms with Crippen molar-refractivity contribution in [3.05, 3.63) is 29.8 Å². The van der Waals surface area contributed by atoms with Crippen LogP contribution in [0.15, 0.2) is 24.3 Å². The molecule has 0 radical (unpaired) electrons. The van der Waals surface area contributed by atoms with E-state index in [-0.39, 0.29) is 6.10 Å². The lowest BCUT2D eigenvalue weighted by molar-refractivity contribution is -0.137. The van der Waals surface area contributed by atoms with Gasteiger partial charge in [-0.3, -0.25) is 0 Å². The Morgan fingerprint density at radius 3 is 2.21 bits per heavy atom. The summed E-state index contributed by atoms with van der Waals surface area (Å²) in [6, 6.07) is 5.16. The Morgan fingerprint density at radius 1 is 1.16 bits per heavy atom. The van der Waals surface area contributed by atoms with Gasteiger partial charge in [0.25, 0.3) is 0 Å². The van der Waals surface area contributed by atoms with Crippen molar-refractivity contribution in [3.63, 3.8) is 0 Å². The van der Waals surface area contributed by atoms with Gasteiger partial charge in [-0.1, -0.05) is 6.92 Å². The van der Waals surface area contributed by atoms with E-state index >= 15 is 0 Å². The zero-order valence-corrected chi connectivity index (χ0v) is 11.4. The fourth-order valence-corrected chi connectivity index (χ4v) is 1.51. The fraction of sp³-hybridized carbons (Fsp3) is 0.571. The maximum absolute atomic E-state index is 12.4. The molecule has 108 valence electrons. The van der Waals surface area contributed by atoms with Crippen molar-refractivity contribution in [2.45, 2.75) is 45.5 Å². The van der Waals surface area contributed by atoms with Crippen LogP contribution in [0.3, 0.4) is 0 Å². The molecular weight excluding hydrogens is 255 g/mol. The maximum atomic E-state index is 12.4. The van der Waals surface area contributed by atoms with Gasteiger partial charge in [-0.25, -0.2) is 0 Å². The normalized spacial score (nSPS) is 15.1. The zero-order valence-electron chi connectivity index (χ0n) is 11.4. The molecule has 1 N–H and O–H groups in total. The molecule has 1 aromatic carbocycles. The molecule has 2 nitrogen and oxygen atoms in total. The first-order chi connectivity index (χ1) is 8.82. The molecule has 1 rings (SSSR count). The van der Waals surface area contributed by atoms with Crippen LogP contribution in [0.25, 0.3) is 0 Å². The number of ether oxygens (including phenoxy) is 1. The molecule has 0 saturated carbocycles. The summed E-state index contributed by atoms with van der Waals surface area (Å²) < 4.78 is 42.7. The highest BCUT2D eigenvalue weighted by atomic mass is 19.4. The summed E-state index contributed by atoms with van der Waals surface area (Å²) in [5.74, 6) is 0.450. The molecule has 0 aliphatic carbocycles. The van der Waals surface area contributed by atoms with E-state index in [4.69, 9.17) is 4.74 Å². The Hall–Kier alpha value is -1.23. The molecule has 0 heterocycles. The largest absolute Gasteiger partial charge is 0.489 e. The molecule has 0 bridgehead atoms. The molecule has 2 atom stereocenters. The second-order valence-electron chi connectivity index (χ2n) is 4.67. The van der Waals surface area contributed by atoms with E-state index in [2.05, 4.69) is 19.2 Å². The molecule has 0 aliphatic heterocycles. The van der Waals surface area contributed by atoms with E-state index in [0.29, 0.717) is 18.3 Å². The molecular formula is C14H20F3NO. The minimum absolute atomic E-state index is 0.0919. The molecule has 0 amide bonds. The van der Waals surface area contributed by atoms with Crippen LogP contribution in [-0.2, 0) is 6.18 Å². The van der Waals surface area contributed by atoms with Gasteiger partial charge in [0.1, 0.15) is 11.9 Å². The van der Waals surface area contributed by atoms with Crippen molar-refractivity contribution in [1.29, 1.82) is 0 Å². The van der Waals surface area contributed by atoms with Crippen LogP contribution in [0.2, 0.25) is 0 Å². The Bertz CT molecular complexity index is 375. The first-order valence-corrected chi connectivity index (χ1v) is 6.40. The number of hydrogen-bond donors (Lipinski definition) is 1. The first kappa shape index (κ1) is 15.8. The lowest BCUT2D eigenvalue weighted by Gasteiger charge is -2.18. The van der Waals surface area contributed by atoms with Crippen molar-refractivity contribution in [2.24, 2.45) is 0 Å². The highest BCUT2D eigenvalue weighted by molar-refractivity contribution is 5.29. The molecule has 0 aliphatic rings. The number of hydrogen-bond acceptors (Lipinski definition) is 2. The van der Waals surface area contributed by atoms with Crippen molar-refractivity contribution < 1.29 is 17.9 Å². The average molecular weight is 275 g/mol. The summed E-state index contributed by atoms with van der Waals surface area (Å²) in [4.78, 5) is 0. The summed E-state index contributed by atoms with van der Waals surface area (Å²) in [6.07, 6.45) is -3.37. The third-order valence-electron chi connectivity index (χ3n) is 2.89. The van der Waals surface area contributed by atoms with E-state index in [1.807, 2.05) is 6.92 Å². The van der Waals surface area contributed by atoms with E-state index in [0.717, 1.165) is 18.6 Å². The number of nitrogens with one attached hydrogen (secondary N) is 1. The van der Waals surface area contributed by atoms with Crippen LogP contribution in [0.5, 0.6) is 5.75 Å². The quantitative estimate of drug-likeness (QED) is 0.851. The number of rotatable bonds is 6. The lowest BCUT2D eigenvalue weighted by atomic mass is 10.2. The Balaban J connectivity index is 2.49. The van der Waals surface area contributed by atoms with Crippen molar-refractivity contribution >= 4 is 0 Å². The topological polar surface area (TPSA) is 21.3 Å². The number of benzene rings is 1. The highest BCUT2D eigenvalue weighted by Crippen LogP contribution is 2.30. The Kier molecular flexibility index (Phi) is 5.66. The Morgan fingerprint density at radius 2 is 1.74 bits per heavy atom. The molecule has 0 spiro atoms. The van der Waals surface area contributed by atoms with Gasteiger partial charge >= 0.3 is 6.18 Å². The van der Waals surface area contributed by atoms with E-state index in [9.17, 15) is 13.2 Å². The minimum atomic E-state index is -4.30. The average Bonchev–Trinajstić information content (AvgIpc) is 2.35. The van der Waals surface area contributed by atoms with Crippen LogP contribution < -0.4 is 10.1 Å². The third-order valence-corrected chi connectivity index (χ3v) is 2.89. The summed E-state index contributed by atoms with van der Waals surface area (Å²) in [6.45, 7) is 6.70. The van der Waals surface area contributed by atoms with Gasteiger partial charge in [0.2, 0.25) is 0 Å². The maximum Gasteiger partial charge on any atom is 0.416 e. The molecule has 0 aromatic heterocycles. The van der Waals surface area contributed by atoms with E-state index in [1.165, 1.54) is 12.1 Å². The predicted octanol–water partition coefficient (Wildman–Crippen LogP) is 3.86. The van der Waals surface area contributed by atoms with Crippen molar-refractivity contribution in [2.75, 3.05) is 6.54 Å². The fourth-order valence-electron chi connectivity index (χ4n) is 1.51. The monoisotopic (exact) mass is 275 g/mol. The zero-order chi connectivity index (χ0) is 14.5. The molecule has 0 saturated heterocycles. The van der Waals surface area contributed by atoms with Crippen molar-refractivity contribution in [3.8, 4) is 5.75 Å². The van der Waals surface area contributed by atoms with E-state index in [1.54, 1.807) is 0 Å². The summed E-state index contributed by atoms with van der Waals surface area (Å²) in [5.41, 5.74) is -0.662. The van der Waals surface area contributed by atoms with Gasteiger partial charge in [-0.15, -0.1) is 0 Å². The second kappa shape index (κ2) is 6.80. The molecule has 0 fully saturated rings. The molecule has 19 heavy (non-hydrogen) atoms. The summed E-state index contributed by atoms with van der Waals surface area (Å²) >= 11 is 0. The van der Waals surface area contributed by atoms with Gasteiger partial charge in [0, 0.05) is 12.6 Å². The summed E-state index contributed by atoms with van der Waals surface area (Å²) in [7, 11) is 0. The highest BCUT2D eigenvalue weighted by Gasteiger charge is 2.30. The smallest absolute Gasteiger partial charge is 0.416 e. The molecule has 5 heteroatoms. The molecule has 2 unspecified atom stereocenters. The van der Waals surface area contributed by atoms with Crippen LogP contribution in [0.1, 0.15) is 32.8 Å². The van der Waals surface area contributed by atoms with Gasteiger partial charge in [-0.05, 0) is 44.5 Å². The minimum Gasteiger partial charge on any atom is -0.489 e. The third kappa shape index (κ3) is 5.51.